The predicted molar refractivity (Wildman–Crippen MR) is 63.5 cm³/mol. The maximum atomic E-state index is 5.75. The predicted octanol–water partition coefficient (Wildman–Crippen LogP) is 2.31. The highest BCUT2D eigenvalue weighted by Crippen LogP contribution is 2.21. The number of nitrogens with two attached hydrogens (primary N) is 1. The van der Waals surface area contributed by atoms with Crippen molar-refractivity contribution in [3.05, 3.63) is 16.0 Å². The van der Waals surface area contributed by atoms with Crippen LogP contribution in [0, 0.1) is 0 Å². The molecule has 0 atom stereocenters. The van der Waals surface area contributed by atoms with Crippen molar-refractivity contribution >= 4 is 21.7 Å². The van der Waals surface area contributed by atoms with Gasteiger partial charge in [-0.1, -0.05) is 13.8 Å². The zero-order chi connectivity index (χ0) is 11.3. The van der Waals surface area contributed by atoms with E-state index in [2.05, 4.69) is 32.8 Å². The zero-order valence-corrected chi connectivity index (χ0v) is 10.7. The Kier molecular flexibility index (Phi) is 4.98. The van der Waals surface area contributed by atoms with Gasteiger partial charge in [-0.05, 0) is 28.8 Å². The molecule has 1 rings (SSSR count). The van der Waals surface area contributed by atoms with Gasteiger partial charge in [-0.3, -0.25) is 0 Å². The fraction of sp³-hybridized carbons (Fsp3) is 0.600. The maximum Gasteiger partial charge on any atom is 0.156 e. The summed E-state index contributed by atoms with van der Waals surface area (Å²) in [5, 5.41) is 0. The van der Waals surface area contributed by atoms with E-state index in [0.29, 0.717) is 18.2 Å². The summed E-state index contributed by atoms with van der Waals surface area (Å²) in [6.45, 7) is 5.25. The van der Waals surface area contributed by atoms with Crippen molar-refractivity contribution in [3.63, 3.8) is 0 Å². The summed E-state index contributed by atoms with van der Waals surface area (Å²) in [5.41, 5.74) is 6.68. The van der Waals surface area contributed by atoms with Gasteiger partial charge < -0.3 is 10.5 Å². The molecule has 0 aliphatic rings. The van der Waals surface area contributed by atoms with E-state index in [1.54, 1.807) is 0 Å². The molecule has 0 bridgehead atoms. The molecule has 4 nitrogen and oxygen atoms in total. The smallest absolute Gasteiger partial charge is 0.156 e. The third-order valence-electron chi connectivity index (χ3n) is 1.91. The third-order valence-corrected chi connectivity index (χ3v) is 2.77. The second-order valence-electron chi connectivity index (χ2n) is 3.19. The highest BCUT2D eigenvalue weighted by atomic mass is 79.9. The monoisotopic (exact) mass is 273 g/mol. The van der Waals surface area contributed by atoms with Crippen LogP contribution in [0.15, 0.2) is 4.47 Å². The molecule has 0 saturated carbocycles. The van der Waals surface area contributed by atoms with Gasteiger partial charge in [0.2, 0.25) is 0 Å². The largest absolute Gasteiger partial charge is 0.383 e. The van der Waals surface area contributed by atoms with Crippen LogP contribution in [0.2, 0.25) is 0 Å². The second-order valence-corrected chi connectivity index (χ2v) is 3.98. The molecule has 0 aliphatic carbocycles. The Morgan fingerprint density at radius 2 is 2.07 bits per heavy atom. The maximum absolute atomic E-state index is 5.75. The Bertz CT molecular complexity index is 331. The summed E-state index contributed by atoms with van der Waals surface area (Å²) in [5.74, 6) is 1.14. The summed E-state index contributed by atoms with van der Waals surface area (Å²) in [7, 11) is 0. The molecule has 0 fully saturated rings. The Labute approximate surface area is 98.4 Å². The molecule has 0 amide bonds. The van der Waals surface area contributed by atoms with Crippen LogP contribution in [0.5, 0.6) is 0 Å². The van der Waals surface area contributed by atoms with Crippen LogP contribution in [0.3, 0.4) is 0 Å². The number of rotatable bonds is 5. The first-order valence-corrected chi connectivity index (χ1v) is 5.86. The lowest BCUT2D eigenvalue weighted by Crippen LogP contribution is -2.06. The number of anilines is 1. The number of aromatic nitrogens is 2. The minimum absolute atomic E-state index is 0.429. The van der Waals surface area contributed by atoms with E-state index in [-0.39, 0.29) is 0 Å². The summed E-state index contributed by atoms with van der Waals surface area (Å²) in [6.07, 6.45) is 1.82. The normalized spacial score (nSPS) is 10.6. The van der Waals surface area contributed by atoms with Crippen molar-refractivity contribution < 1.29 is 4.74 Å². The van der Waals surface area contributed by atoms with E-state index in [9.17, 15) is 0 Å². The first kappa shape index (κ1) is 12.4. The fourth-order valence-electron chi connectivity index (χ4n) is 1.17. The van der Waals surface area contributed by atoms with E-state index in [4.69, 9.17) is 10.5 Å². The lowest BCUT2D eigenvalue weighted by atomic mass is 10.3. The van der Waals surface area contributed by atoms with Gasteiger partial charge >= 0.3 is 0 Å². The molecule has 0 unspecified atom stereocenters. The molecule has 0 aromatic carbocycles. The zero-order valence-electron chi connectivity index (χ0n) is 9.09. The van der Waals surface area contributed by atoms with E-state index in [1.165, 1.54) is 0 Å². The topological polar surface area (TPSA) is 61.0 Å². The number of hydrogen-bond acceptors (Lipinski definition) is 4. The number of nitrogen functional groups attached to an aromatic ring is 1. The Balaban J connectivity index is 2.77. The van der Waals surface area contributed by atoms with Crippen molar-refractivity contribution in [1.82, 2.24) is 9.97 Å². The van der Waals surface area contributed by atoms with E-state index in [1.807, 2.05) is 6.92 Å². The van der Waals surface area contributed by atoms with Crippen LogP contribution in [-0.4, -0.2) is 16.6 Å². The molecule has 1 aromatic rings. The SMILES string of the molecule is CCCOCc1nc(N)c(Br)c(CC)n1. The van der Waals surface area contributed by atoms with Gasteiger partial charge in [-0.2, -0.15) is 0 Å². The molecule has 1 heterocycles. The number of hydrogen-bond donors (Lipinski definition) is 1. The highest BCUT2D eigenvalue weighted by molar-refractivity contribution is 9.10. The van der Waals surface area contributed by atoms with E-state index in [0.717, 1.165) is 29.6 Å². The minimum atomic E-state index is 0.429. The Hall–Kier alpha value is -0.680. The summed E-state index contributed by atoms with van der Waals surface area (Å²) in [4.78, 5) is 8.51. The Morgan fingerprint density at radius 3 is 2.67 bits per heavy atom. The van der Waals surface area contributed by atoms with Crippen molar-refractivity contribution in [2.24, 2.45) is 0 Å². The van der Waals surface area contributed by atoms with Crippen LogP contribution in [0.4, 0.5) is 5.82 Å². The molecule has 0 radical (unpaired) electrons. The van der Waals surface area contributed by atoms with Crippen LogP contribution >= 0.6 is 15.9 Å². The van der Waals surface area contributed by atoms with E-state index >= 15 is 0 Å². The third kappa shape index (κ3) is 3.43. The average molecular weight is 274 g/mol. The molecular formula is C10H16BrN3O. The number of aryl methyl sites for hydroxylation is 1. The fourth-order valence-corrected chi connectivity index (χ4v) is 1.63. The average Bonchev–Trinajstić information content (AvgIpc) is 2.23. The highest BCUT2D eigenvalue weighted by Gasteiger charge is 2.08. The number of nitrogens with zero attached hydrogens (tertiary/aromatic N) is 2. The van der Waals surface area contributed by atoms with Crippen LogP contribution < -0.4 is 5.73 Å². The molecule has 0 spiro atoms. The lowest BCUT2D eigenvalue weighted by Gasteiger charge is -2.07. The van der Waals surface area contributed by atoms with Gasteiger partial charge in [0, 0.05) is 6.61 Å². The Morgan fingerprint density at radius 1 is 1.33 bits per heavy atom. The standard InChI is InChI=1S/C10H16BrN3O/c1-3-5-15-6-8-13-7(4-2)9(11)10(12)14-8/h3-6H2,1-2H3,(H2,12,13,14). The summed E-state index contributed by atoms with van der Waals surface area (Å²) < 4.78 is 6.16. The lowest BCUT2D eigenvalue weighted by molar-refractivity contribution is 0.116. The van der Waals surface area contributed by atoms with Crippen LogP contribution in [-0.2, 0) is 17.8 Å². The van der Waals surface area contributed by atoms with E-state index < -0.39 is 0 Å². The molecule has 1 aromatic heterocycles. The molecule has 2 N–H and O–H groups in total. The van der Waals surface area contributed by atoms with Crippen molar-refractivity contribution in [3.8, 4) is 0 Å². The second kappa shape index (κ2) is 6.02. The quantitative estimate of drug-likeness (QED) is 0.837. The van der Waals surface area contributed by atoms with Gasteiger partial charge in [0.1, 0.15) is 12.4 Å². The van der Waals surface area contributed by atoms with Crippen molar-refractivity contribution in [2.45, 2.75) is 33.3 Å². The van der Waals surface area contributed by atoms with Crippen molar-refractivity contribution in [1.29, 1.82) is 0 Å². The van der Waals surface area contributed by atoms with Crippen LogP contribution in [0.25, 0.3) is 0 Å². The van der Waals surface area contributed by atoms with Gasteiger partial charge in [-0.25, -0.2) is 9.97 Å². The van der Waals surface area contributed by atoms with Gasteiger partial charge in [0.15, 0.2) is 5.82 Å². The van der Waals surface area contributed by atoms with Crippen molar-refractivity contribution in [2.75, 3.05) is 12.3 Å². The molecular weight excluding hydrogens is 258 g/mol. The molecule has 5 heteroatoms. The molecule has 0 saturated heterocycles. The van der Waals surface area contributed by atoms with Gasteiger partial charge in [0.25, 0.3) is 0 Å². The molecule has 15 heavy (non-hydrogen) atoms. The molecule has 0 aliphatic heterocycles. The minimum Gasteiger partial charge on any atom is -0.383 e. The summed E-state index contributed by atoms with van der Waals surface area (Å²) >= 11 is 3.37. The van der Waals surface area contributed by atoms with Crippen LogP contribution in [0.1, 0.15) is 31.8 Å². The first-order valence-electron chi connectivity index (χ1n) is 5.07. The van der Waals surface area contributed by atoms with Gasteiger partial charge in [-0.15, -0.1) is 0 Å². The number of ether oxygens (including phenoxy) is 1. The summed E-state index contributed by atoms with van der Waals surface area (Å²) in [6, 6.07) is 0. The first-order chi connectivity index (χ1) is 7.19. The number of halogens is 1. The van der Waals surface area contributed by atoms with Gasteiger partial charge in [0.05, 0.1) is 10.2 Å². The molecule has 84 valence electrons.